The molecule has 2 aromatic rings. The monoisotopic (exact) mass is 346 g/mol. The number of fused-ring (bicyclic) bond motifs is 1. The summed E-state index contributed by atoms with van der Waals surface area (Å²) in [6.07, 6.45) is 0. The van der Waals surface area contributed by atoms with E-state index in [2.05, 4.69) is 75.8 Å². The summed E-state index contributed by atoms with van der Waals surface area (Å²) in [5.74, 6) is 0. The lowest BCUT2D eigenvalue weighted by Gasteiger charge is -2.06. The molecule has 0 aliphatic carbocycles. The van der Waals surface area contributed by atoms with Gasteiger partial charge in [0.2, 0.25) is 0 Å². The molecule has 0 bridgehead atoms. The van der Waals surface area contributed by atoms with Crippen LogP contribution in [0.2, 0.25) is 0 Å². The standard InChI is InChI=1S/C11H8BrI/c1-7-6-10(12)8-4-2-3-5-9(8)11(7)13/h2-6H,1H3. The van der Waals surface area contributed by atoms with E-state index in [0.29, 0.717) is 0 Å². The molecule has 2 heteroatoms. The minimum absolute atomic E-state index is 1.18. The van der Waals surface area contributed by atoms with Crippen molar-refractivity contribution in [2.24, 2.45) is 0 Å². The van der Waals surface area contributed by atoms with Crippen LogP contribution >= 0.6 is 38.5 Å². The number of rotatable bonds is 0. The fraction of sp³-hybridized carbons (Fsp3) is 0.0909. The van der Waals surface area contributed by atoms with E-state index < -0.39 is 0 Å². The smallest absolute Gasteiger partial charge is 0.0257 e. The lowest BCUT2D eigenvalue weighted by atomic mass is 10.1. The van der Waals surface area contributed by atoms with Gasteiger partial charge in [0.25, 0.3) is 0 Å². The first-order valence-electron chi connectivity index (χ1n) is 4.03. The highest BCUT2D eigenvalue weighted by Gasteiger charge is 2.04. The summed E-state index contributed by atoms with van der Waals surface area (Å²) in [5, 5.41) is 2.62. The van der Waals surface area contributed by atoms with E-state index in [9.17, 15) is 0 Å². The molecule has 0 aromatic heterocycles. The Morgan fingerprint density at radius 2 is 1.77 bits per heavy atom. The molecule has 13 heavy (non-hydrogen) atoms. The molecule has 2 rings (SSSR count). The van der Waals surface area contributed by atoms with Gasteiger partial charge in [0.15, 0.2) is 0 Å². The minimum Gasteiger partial charge on any atom is -0.0616 e. The molecule has 0 aliphatic rings. The summed E-state index contributed by atoms with van der Waals surface area (Å²) in [5.41, 5.74) is 1.33. The molecule has 66 valence electrons. The van der Waals surface area contributed by atoms with E-state index in [1.165, 1.54) is 24.4 Å². The molecule has 0 atom stereocenters. The zero-order valence-corrected chi connectivity index (χ0v) is 10.9. The largest absolute Gasteiger partial charge is 0.0616 e. The lowest BCUT2D eigenvalue weighted by Crippen LogP contribution is -1.84. The summed E-state index contributed by atoms with van der Waals surface area (Å²) in [4.78, 5) is 0. The lowest BCUT2D eigenvalue weighted by molar-refractivity contribution is 1.45. The van der Waals surface area contributed by atoms with Gasteiger partial charge in [0, 0.05) is 8.04 Å². The summed E-state index contributed by atoms with van der Waals surface area (Å²) in [6.45, 7) is 2.14. The van der Waals surface area contributed by atoms with Gasteiger partial charge in [0.1, 0.15) is 0 Å². The van der Waals surface area contributed by atoms with Crippen LogP contribution in [-0.4, -0.2) is 0 Å². The number of aryl methyl sites for hydroxylation is 1. The highest BCUT2D eigenvalue weighted by atomic mass is 127. The summed E-state index contributed by atoms with van der Waals surface area (Å²) in [6, 6.07) is 10.6. The van der Waals surface area contributed by atoms with Crippen molar-refractivity contribution in [1.82, 2.24) is 0 Å². The Morgan fingerprint density at radius 3 is 2.46 bits per heavy atom. The van der Waals surface area contributed by atoms with Gasteiger partial charge >= 0.3 is 0 Å². The van der Waals surface area contributed by atoms with E-state index in [-0.39, 0.29) is 0 Å². The Bertz CT molecular complexity index is 463. The van der Waals surface area contributed by atoms with Gasteiger partial charge < -0.3 is 0 Å². The molecule has 0 unspecified atom stereocenters. The van der Waals surface area contributed by atoms with Crippen LogP contribution in [0.15, 0.2) is 34.8 Å². The average Bonchev–Trinajstić information content (AvgIpc) is 2.15. The van der Waals surface area contributed by atoms with Crippen LogP contribution in [0.4, 0.5) is 0 Å². The van der Waals surface area contributed by atoms with Crippen LogP contribution in [-0.2, 0) is 0 Å². The molecule has 0 saturated heterocycles. The SMILES string of the molecule is Cc1cc(Br)c2ccccc2c1I. The van der Waals surface area contributed by atoms with Gasteiger partial charge in [-0.3, -0.25) is 0 Å². The molecule has 0 nitrogen and oxygen atoms in total. The number of hydrogen-bond acceptors (Lipinski definition) is 0. The maximum Gasteiger partial charge on any atom is 0.0257 e. The van der Waals surface area contributed by atoms with Gasteiger partial charge in [-0.25, -0.2) is 0 Å². The van der Waals surface area contributed by atoms with Crippen molar-refractivity contribution >= 4 is 49.3 Å². The van der Waals surface area contributed by atoms with Gasteiger partial charge in [-0.15, -0.1) is 0 Å². The van der Waals surface area contributed by atoms with Crippen molar-refractivity contribution in [2.45, 2.75) is 6.92 Å². The molecular weight excluding hydrogens is 339 g/mol. The molecule has 0 fully saturated rings. The summed E-state index contributed by atoms with van der Waals surface area (Å²) in [7, 11) is 0. The van der Waals surface area contributed by atoms with E-state index in [1.807, 2.05) is 0 Å². The van der Waals surface area contributed by atoms with Gasteiger partial charge in [-0.1, -0.05) is 40.2 Å². The number of hydrogen-bond donors (Lipinski definition) is 0. The third kappa shape index (κ3) is 1.62. The Hall–Kier alpha value is -0.0900. The predicted octanol–water partition coefficient (Wildman–Crippen LogP) is 4.52. The topological polar surface area (TPSA) is 0 Å². The number of benzene rings is 2. The Labute approximate surface area is 99.6 Å². The fourth-order valence-corrected chi connectivity index (χ4v) is 2.74. The first-order chi connectivity index (χ1) is 6.20. The first-order valence-corrected chi connectivity index (χ1v) is 5.90. The molecule has 0 amide bonds. The molecule has 0 radical (unpaired) electrons. The van der Waals surface area contributed by atoms with E-state index in [4.69, 9.17) is 0 Å². The third-order valence-electron chi connectivity index (χ3n) is 2.11. The Balaban J connectivity index is 2.97. The highest BCUT2D eigenvalue weighted by molar-refractivity contribution is 14.1. The molecule has 0 N–H and O–H groups in total. The second-order valence-electron chi connectivity index (χ2n) is 3.03. The van der Waals surface area contributed by atoms with Crippen LogP contribution in [0.1, 0.15) is 5.56 Å². The van der Waals surface area contributed by atoms with E-state index in [0.717, 1.165) is 0 Å². The maximum atomic E-state index is 3.58. The van der Waals surface area contributed by atoms with Crippen molar-refractivity contribution in [3.63, 3.8) is 0 Å². The summed E-state index contributed by atoms with van der Waals surface area (Å²) >= 11 is 5.98. The van der Waals surface area contributed by atoms with Gasteiger partial charge in [-0.05, 0) is 51.9 Å². The van der Waals surface area contributed by atoms with Crippen molar-refractivity contribution in [2.75, 3.05) is 0 Å². The van der Waals surface area contributed by atoms with Crippen molar-refractivity contribution in [1.29, 1.82) is 0 Å². The predicted molar refractivity (Wildman–Crippen MR) is 69.1 cm³/mol. The third-order valence-corrected chi connectivity index (χ3v) is 4.20. The molecule has 0 spiro atoms. The average molecular weight is 347 g/mol. The Kier molecular flexibility index (Phi) is 2.60. The van der Waals surface area contributed by atoms with Gasteiger partial charge in [0.05, 0.1) is 0 Å². The zero-order valence-electron chi connectivity index (χ0n) is 7.14. The van der Waals surface area contributed by atoms with Crippen molar-refractivity contribution in [3.05, 3.63) is 43.9 Å². The van der Waals surface area contributed by atoms with E-state index in [1.54, 1.807) is 0 Å². The quantitative estimate of drug-likeness (QED) is 0.615. The molecule has 0 saturated carbocycles. The molecule has 2 aromatic carbocycles. The normalized spacial score (nSPS) is 10.7. The van der Waals surface area contributed by atoms with Gasteiger partial charge in [-0.2, -0.15) is 0 Å². The second-order valence-corrected chi connectivity index (χ2v) is 4.97. The highest BCUT2D eigenvalue weighted by Crippen LogP contribution is 2.30. The zero-order chi connectivity index (χ0) is 9.42. The minimum atomic E-state index is 1.18. The first kappa shape index (κ1) is 9.46. The second kappa shape index (κ2) is 3.58. The molecular formula is C11H8BrI. The van der Waals surface area contributed by atoms with Crippen LogP contribution < -0.4 is 0 Å². The molecule has 0 heterocycles. The van der Waals surface area contributed by atoms with Crippen LogP contribution in [0.3, 0.4) is 0 Å². The maximum absolute atomic E-state index is 3.58. The van der Waals surface area contributed by atoms with E-state index >= 15 is 0 Å². The molecule has 0 aliphatic heterocycles. The van der Waals surface area contributed by atoms with Crippen molar-refractivity contribution in [3.8, 4) is 0 Å². The fourth-order valence-electron chi connectivity index (χ4n) is 1.43. The van der Waals surface area contributed by atoms with Crippen LogP contribution in [0.25, 0.3) is 10.8 Å². The Morgan fingerprint density at radius 1 is 1.15 bits per heavy atom. The number of halogens is 2. The van der Waals surface area contributed by atoms with Crippen LogP contribution in [0, 0.1) is 10.5 Å². The van der Waals surface area contributed by atoms with Crippen molar-refractivity contribution < 1.29 is 0 Å². The van der Waals surface area contributed by atoms with Crippen LogP contribution in [0.5, 0.6) is 0 Å². The summed E-state index contributed by atoms with van der Waals surface area (Å²) < 4.78 is 2.53.